The highest BCUT2D eigenvalue weighted by Gasteiger charge is 2.37. The predicted molar refractivity (Wildman–Crippen MR) is 124 cm³/mol. The molecule has 0 saturated heterocycles. The molecular weight excluding hydrogens is 495 g/mol. The number of aromatic nitrogens is 5. The van der Waals surface area contributed by atoms with Crippen LogP contribution in [0.1, 0.15) is 22.8 Å². The van der Waals surface area contributed by atoms with Crippen molar-refractivity contribution in [2.24, 2.45) is 0 Å². The summed E-state index contributed by atoms with van der Waals surface area (Å²) < 4.78 is 74.9. The average Bonchev–Trinajstić information content (AvgIpc) is 3.38. The number of nitrogens with zero attached hydrogens (tertiary/aromatic N) is 5. The van der Waals surface area contributed by atoms with Crippen molar-refractivity contribution in [1.82, 2.24) is 24.1 Å². The van der Waals surface area contributed by atoms with Crippen molar-refractivity contribution in [3.05, 3.63) is 77.7 Å². The van der Waals surface area contributed by atoms with E-state index in [1.165, 1.54) is 25.1 Å². The minimum Gasteiger partial charge on any atom is -0.361 e. The lowest BCUT2D eigenvalue weighted by Crippen LogP contribution is -2.12. The van der Waals surface area contributed by atoms with Crippen LogP contribution in [0.2, 0.25) is 0 Å². The van der Waals surface area contributed by atoms with E-state index >= 15 is 0 Å². The Kier molecular flexibility index (Phi) is 5.43. The van der Waals surface area contributed by atoms with Gasteiger partial charge in [-0.05, 0) is 45.0 Å². The summed E-state index contributed by atoms with van der Waals surface area (Å²) in [6.07, 6.45) is -2.95. The Morgan fingerprint density at radius 1 is 0.972 bits per heavy atom. The van der Waals surface area contributed by atoms with Gasteiger partial charge in [-0.1, -0.05) is 23.4 Å². The van der Waals surface area contributed by atoms with Crippen LogP contribution in [0.25, 0.3) is 33.5 Å². The van der Waals surface area contributed by atoms with E-state index in [0.29, 0.717) is 28.9 Å². The van der Waals surface area contributed by atoms with Crippen molar-refractivity contribution in [2.75, 3.05) is 0 Å². The Morgan fingerprint density at radius 2 is 1.69 bits per heavy atom. The van der Waals surface area contributed by atoms with Crippen LogP contribution in [-0.2, 0) is 16.2 Å². The Bertz CT molecular complexity index is 1710. The fourth-order valence-electron chi connectivity index (χ4n) is 4.02. The van der Waals surface area contributed by atoms with Gasteiger partial charge < -0.3 is 4.52 Å². The zero-order valence-corrected chi connectivity index (χ0v) is 20.0. The molecule has 0 saturated carbocycles. The number of aryl methyl sites for hydroxylation is 3. The van der Waals surface area contributed by atoms with Crippen LogP contribution in [-0.4, -0.2) is 32.5 Å². The Balaban J connectivity index is 1.87. The highest BCUT2D eigenvalue weighted by Crippen LogP contribution is 2.40. The van der Waals surface area contributed by atoms with E-state index in [1.807, 2.05) is 0 Å². The molecule has 0 atom stereocenters. The molecule has 1 aromatic carbocycles. The Morgan fingerprint density at radius 3 is 2.33 bits per heavy atom. The average molecular weight is 514 g/mol. The lowest BCUT2D eigenvalue weighted by atomic mass is 10.1. The van der Waals surface area contributed by atoms with Gasteiger partial charge in [0.05, 0.1) is 27.5 Å². The minimum atomic E-state index is -4.76. The van der Waals surface area contributed by atoms with Crippen LogP contribution in [0, 0.1) is 20.8 Å². The molecular formula is C24H18F3N5O3S. The van der Waals surface area contributed by atoms with Crippen molar-refractivity contribution in [3.8, 4) is 22.5 Å². The molecule has 5 aromatic rings. The molecule has 184 valence electrons. The number of hydrogen-bond donors (Lipinski definition) is 0. The van der Waals surface area contributed by atoms with Gasteiger partial charge in [0, 0.05) is 23.3 Å². The fourth-order valence-corrected chi connectivity index (χ4v) is 5.36. The first kappa shape index (κ1) is 23.7. The van der Waals surface area contributed by atoms with E-state index in [4.69, 9.17) is 4.52 Å². The monoisotopic (exact) mass is 513 g/mol. The summed E-state index contributed by atoms with van der Waals surface area (Å²) in [6, 6.07) is 10.7. The van der Waals surface area contributed by atoms with Crippen molar-refractivity contribution in [1.29, 1.82) is 0 Å². The molecule has 0 bridgehead atoms. The third kappa shape index (κ3) is 3.83. The summed E-state index contributed by atoms with van der Waals surface area (Å²) in [5, 5.41) is 4.09. The SMILES string of the molecule is Cc1ncc(C(F)(F)F)c(-c2cn(S(=O)(=O)c3ccccc3)c3nc(-c4c(C)noc4C)ccc23)n1. The molecule has 12 heteroatoms. The molecule has 0 aliphatic carbocycles. The molecule has 0 N–H and O–H groups in total. The van der Waals surface area contributed by atoms with Crippen molar-refractivity contribution < 1.29 is 26.1 Å². The normalized spacial score (nSPS) is 12.4. The summed E-state index contributed by atoms with van der Waals surface area (Å²) in [5.41, 5.74) is -0.154. The number of pyridine rings is 1. The van der Waals surface area contributed by atoms with Gasteiger partial charge in [0.1, 0.15) is 17.1 Å². The van der Waals surface area contributed by atoms with Gasteiger partial charge in [-0.2, -0.15) is 13.2 Å². The molecule has 0 radical (unpaired) electrons. The van der Waals surface area contributed by atoms with E-state index in [2.05, 4.69) is 20.1 Å². The standard InChI is InChI=1S/C24H18F3N5O3S/c1-13-21(14(2)35-31-13)20-10-9-17-18(22-19(24(25,26)27)11-28-15(3)29-22)12-32(23(17)30-20)36(33,34)16-7-5-4-6-8-16/h4-12H,1-3H3. The van der Waals surface area contributed by atoms with Crippen molar-refractivity contribution in [3.63, 3.8) is 0 Å². The zero-order chi connectivity index (χ0) is 25.8. The molecule has 0 fully saturated rings. The second-order valence-corrected chi connectivity index (χ2v) is 9.92. The van der Waals surface area contributed by atoms with Gasteiger partial charge in [0.15, 0.2) is 5.65 Å². The van der Waals surface area contributed by atoms with Gasteiger partial charge >= 0.3 is 6.18 Å². The van der Waals surface area contributed by atoms with E-state index < -0.39 is 27.5 Å². The summed E-state index contributed by atoms with van der Waals surface area (Å²) >= 11 is 0. The molecule has 5 rings (SSSR count). The largest absolute Gasteiger partial charge is 0.419 e. The lowest BCUT2D eigenvalue weighted by molar-refractivity contribution is -0.137. The van der Waals surface area contributed by atoms with E-state index in [0.717, 1.165) is 10.2 Å². The summed E-state index contributed by atoms with van der Waals surface area (Å²) in [6.45, 7) is 4.85. The third-order valence-corrected chi connectivity index (χ3v) is 7.34. The summed E-state index contributed by atoms with van der Waals surface area (Å²) in [5.74, 6) is 0.569. The van der Waals surface area contributed by atoms with Crippen LogP contribution < -0.4 is 0 Å². The number of benzene rings is 1. The van der Waals surface area contributed by atoms with Crippen LogP contribution >= 0.6 is 0 Å². The topological polar surface area (TPSA) is 104 Å². The van der Waals surface area contributed by atoms with Crippen molar-refractivity contribution in [2.45, 2.75) is 31.8 Å². The number of rotatable bonds is 4. The quantitative estimate of drug-likeness (QED) is 0.320. The highest BCUT2D eigenvalue weighted by atomic mass is 32.2. The summed E-state index contributed by atoms with van der Waals surface area (Å²) in [4.78, 5) is 12.2. The van der Waals surface area contributed by atoms with E-state index in [-0.39, 0.29) is 27.3 Å². The molecule has 4 heterocycles. The molecule has 0 amide bonds. The maximum absolute atomic E-state index is 13.9. The molecule has 0 aliphatic heterocycles. The maximum Gasteiger partial charge on any atom is 0.419 e. The highest BCUT2D eigenvalue weighted by molar-refractivity contribution is 7.90. The molecule has 8 nitrogen and oxygen atoms in total. The smallest absolute Gasteiger partial charge is 0.361 e. The van der Waals surface area contributed by atoms with Crippen LogP contribution in [0.4, 0.5) is 13.2 Å². The molecule has 0 aliphatic rings. The third-order valence-electron chi connectivity index (χ3n) is 5.68. The summed E-state index contributed by atoms with van der Waals surface area (Å²) in [7, 11) is -4.23. The molecule has 0 unspecified atom stereocenters. The van der Waals surface area contributed by atoms with Crippen LogP contribution in [0.3, 0.4) is 0 Å². The molecule has 4 aromatic heterocycles. The van der Waals surface area contributed by atoms with E-state index in [9.17, 15) is 21.6 Å². The zero-order valence-electron chi connectivity index (χ0n) is 19.2. The number of alkyl halides is 3. The first-order chi connectivity index (χ1) is 17.0. The number of fused-ring (bicyclic) bond motifs is 1. The maximum atomic E-state index is 13.9. The van der Waals surface area contributed by atoms with E-state index in [1.54, 1.807) is 38.1 Å². The van der Waals surface area contributed by atoms with Crippen molar-refractivity contribution >= 4 is 21.1 Å². The second kappa shape index (κ2) is 8.26. The van der Waals surface area contributed by atoms with Gasteiger partial charge in [-0.3, -0.25) is 0 Å². The molecule has 0 spiro atoms. The van der Waals surface area contributed by atoms with Gasteiger partial charge in [-0.25, -0.2) is 27.3 Å². The minimum absolute atomic E-state index is 0.0415. The Labute approximate surface area is 203 Å². The first-order valence-electron chi connectivity index (χ1n) is 10.7. The van der Waals surface area contributed by atoms with Gasteiger partial charge in [0.2, 0.25) is 0 Å². The molecule has 36 heavy (non-hydrogen) atoms. The lowest BCUT2D eigenvalue weighted by Gasteiger charge is -2.11. The number of hydrogen-bond acceptors (Lipinski definition) is 7. The predicted octanol–water partition coefficient (Wildman–Crippen LogP) is 5.33. The van der Waals surface area contributed by atoms with Gasteiger partial charge in [-0.15, -0.1) is 0 Å². The van der Waals surface area contributed by atoms with Crippen LogP contribution in [0.5, 0.6) is 0 Å². The number of halogens is 3. The second-order valence-electron chi connectivity index (χ2n) is 8.10. The van der Waals surface area contributed by atoms with Gasteiger partial charge in [0.25, 0.3) is 10.0 Å². The van der Waals surface area contributed by atoms with Crippen LogP contribution in [0.15, 0.2) is 64.3 Å². The Hall–Kier alpha value is -4.06. The first-order valence-corrected chi connectivity index (χ1v) is 12.1. The fraction of sp³-hybridized carbons (Fsp3) is 0.167.